The molecule has 10 aromatic rings. The number of fused-ring (bicyclic) bond motifs is 3. The van der Waals surface area contributed by atoms with Gasteiger partial charge in [-0.3, -0.25) is 4.57 Å². The van der Waals surface area contributed by atoms with Gasteiger partial charge in [-0.2, -0.15) is 0 Å². The van der Waals surface area contributed by atoms with Gasteiger partial charge in [0.15, 0.2) is 0 Å². The molecule has 1 heterocycles. The van der Waals surface area contributed by atoms with E-state index < -0.39 is 0 Å². The third-order valence-corrected chi connectivity index (χ3v) is 10.4. The van der Waals surface area contributed by atoms with Gasteiger partial charge in [-0.05, 0) is 96.4 Å². The van der Waals surface area contributed by atoms with E-state index in [1.807, 2.05) is 6.07 Å². The molecule has 248 valence electrons. The van der Waals surface area contributed by atoms with E-state index in [1.54, 1.807) is 0 Å². The summed E-state index contributed by atoms with van der Waals surface area (Å²) in [5.41, 5.74) is 13.9. The predicted octanol–water partition coefficient (Wildman–Crippen LogP) is 13.7. The standard InChI is InChI=1S/C51H34N2/c1-5-15-35(16-6-1)40-29-31-45-46(33-40)50(37-17-7-2-8-18-37)44-24-14-13-23-43(44)49(45)38-27-25-36(26-28-38)41-30-32-48-47(34-41)52-51(39-19-9-3-10-20-39)53(48)42-21-11-4-12-22-42/h1-34H. The van der Waals surface area contributed by atoms with Crippen LogP contribution in [-0.2, 0) is 0 Å². The van der Waals surface area contributed by atoms with Crippen molar-refractivity contribution in [3.8, 4) is 61.6 Å². The summed E-state index contributed by atoms with van der Waals surface area (Å²) < 4.78 is 2.26. The molecule has 0 aliphatic carbocycles. The second-order valence-corrected chi connectivity index (χ2v) is 13.5. The molecule has 0 fully saturated rings. The van der Waals surface area contributed by atoms with E-state index in [1.165, 1.54) is 54.9 Å². The Morgan fingerprint density at radius 1 is 0.302 bits per heavy atom. The minimum atomic E-state index is 0.937. The van der Waals surface area contributed by atoms with E-state index in [0.29, 0.717) is 0 Å². The van der Waals surface area contributed by atoms with Crippen molar-refractivity contribution in [2.75, 3.05) is 0 Å². The van der Waals surface area contributed by atoms with E-state index >= 15 is 0 Å². The highest BCUT2D eigenvalue weighted by molar-refractivity contribution is 6.22. The van der Waals surface area contributed by atoms with Crippen LogP contribution < -0.4 is 0 Å². The molecule has 0 aliphatic rings. The molecule has 0 N–H and O–H groups in total. The second-order valence-electron chi connectivity index (χ2n) is 13.5. The van der Waals surface area contributed by atoms with Crippen LogP contribution >= 0.6 is 0 Å². The summed E-state index contributed by atoms with van der Waals surface area (Å²) in [6.45, 7) is 0. The van der Waals surface area contributed by atoms with Crippen molar-refractivity contribution >= 4 is 32.6 Å². The number of hydrogen-bond acceptors (Lipinski definition) is 1. The van der Waals surface area contributed by atoms with Crippen molar-refractivity contribution in [3.05, 3.63) is 206 Å². The Morgan fingerprint density at radius 2 is 0.736 bits per heavy atom. The first-order valence-corrected chi connectivity index (χ1v) is 18.1. The smallest absolute Gasteiger partial charge is 0.145 e. The fraction of sp³-hybridized carbons (Fsp3) is 0. The molecule has 0 radical (unpaired) electrons. The average molecular weight is 675 g/mol. The molecule has 53 heavy (non-hydrogen) atoms. The molecule has 0 bridgehead atoms. The lowest BCUT2D eigenvalue weighted by Gasteiger charge is -2.19. The zero-order valence-electron chi connectivity index (χ0n) is 29.0. The molecule has 0 amide bonds. The molecule has 0 atom stereocenters. The molecule has 1 aromatic heterocycles. The summed E-state index contributed by atoms with van der Waals surface area (Å²) in [4.78, 5) is 5.20. The average Bonchev–Trinajstić information content (AvgIpc) is 3.63. The zero-order chi connectivity index (χ0) is 35.1. The molecule has 0 aliphatic heterocycles. The number of nitrogens with zero attached hydrogens (tertiary/aromatic N) is 2. The van der Waals surface area contributed by atoms with E-state index in [9.17, 15) is 0 Å². The number of rotatable bonds is 6. The molecular formula is C51H34N2. The van der Waals surface area contributed by atoms with Crippen LogP contribution in [0.2, 0.25) is 0 Å². The Balaban J connectivity index is 1.12. The van der Waals surface area contributed by atoms with Gasteiger partial charge in [-0.1, -0.05) is 176 Å². The largest absolute Gasteiger partial charge is 0.292 e. The minimum Gasteiger partial charge on any atom is -0.292 e. The molecule has 2 heteroatoms. The van der Waals surface area contributed by atoms with Gasteiger partial charge >= 0.3 is 0 Å². The highest BCUT2D eigenvalue weighted by Crippen LogP contribution is 2.45. The lowest BCUT2D eigenvalue weighted by Crippen LogP contribution is -1.97. The van der Waals surface area contributed by atoms with Crippen LogP contribution in [0.3, 0.4) is 0 Å². The summed E-state index contributed by atoms with van der Waals surface area (Å²) in [5.74, 6) is 0.937. The van der Waals surface area contributed by atoms with Gasteiger partial charge < -0.3 is 0 Å². The van der Waals surface area contributed by atoms with Gasteiger partial charge in [-0.25, -0.2) is 4.98 Å². The first-order chi connectivity index (χ1) is 26.3. The number of imidazole rings is 1. The summed E-state index contributed by atoms with van der Waals surface area (Å²) >= 11 is 0. The van der Waals surface area contributed by atoms with Crippen LogP contribution in [-0.4, -0.2) is 9.55 Å². The van der Waals surface area contributed by atoms with Gasteiger partial charge in [0, 0.05) is 11.3 Å². The number of para-hydroxylation sites is 1. The van der Waals surface area contributed by atoms with Crippen molar-refractivity contribution < 1.29 is 0 Å². The quantitative estimate of drug-likeness (QED) is 0.161. The van der Waals surface area contributed by atoms with Crippen molar-refractivity contribution in [2.45, 2.75) is 0 Å². The Labute approximate surface area is 308 Å². The van der Waals surface area contributed by atoms with Crippen molar-refractivity contribution in [1.29, 1.82) is 0 Å². The lowest BCUT2D eigenvalue weighted by molar-refractivity contribution is 1.10. The summed E-state index contributed by atoms with van der Waals surface area (Å²) in [6.07, 6.45) is 0. The van der Waals surface area contributed by atoms with Gasteiger partial charge in [0.05, 0.1) is 11.0 Å². The summed E-state index contributed by atoms with van der Waals surface area (Å²) in [6, 6.07) is 74.0. The van der Waals surface area contributed by atoms with Crippen molar-refractivity contribution in [1.82, 2.24) is 9.55 Å². The third kappa shape index (κ3) is 5.40. The highest BCUT2D eigenvalue weighted by atomic mass is 15.1. The van der Waals surface area contributed by atoms with Crippen LogP contribution in [0.5, 0.6) is 0 Å². The van der Waals surface area contributed by atoms with E-state index in [2.05, 4.69) is 205 Å². The number of benzene rings is 9. The minimum absolute atomic E-state index is 0.937. The van der Waals surface area contributed by atoms with Gasteiger partial charge in [0.2, 0.25) is 0 Å². The predicted molar refractivity (Wildman–Crippen MR) is 223 cm³/mol. The Kier molecular flexibility index (Phi) is 7.51. The second kappa shape index (κ2) is 12.9. The van der Waals surface area contributed by atoms with Gasteiger partial charge in [0.1, 0.15) is 5.82 Å². The van der Waals surface area contributed by atoms with Crippen molar-refractivity contribution in [3.63, 3.8) is 0 Å². The topological polar surface area (TPSA) is 17.8 Å². The summed E-state index contributed by atoms with van der Waals surface area (Å²) in [7, 11) is 0. The van der Waals surface area contributed by atoms with Crippen LogP contribution in [0.15, 0.2) is 206 Å². The van der Waals surface area contributed by atoms with Gasteiger partial charge in [-0.15, -0.1) is 0 Å². The van der Waals surface area contributed by atoms with E-state index in [-0.39, 0.29) is 0 Å². The Hall–Kier alpha value is -7.03. The molecule has 0 saturated carbocycles. The molecule has 0 unspecified atom stereocenters. The SMILES string of the molecule is c1ccc(-c2ccc3c(-c4ccc(-c5ccc6c(c5)nc(-c5ccccc5)n6-c5ccccc5)cc4)c4ccccc4c(-c4ccccc4)c3c2)cc1. The third-order valence-electron chi connectivity index (χ3n) is 10.4. The maximum Gasteiger partial charge on any atom is 0.145 e. The molecule has 2 nitrogen and oxygen atoms in total. The normalized spacial score (nSPS) is 11.4. The number of hydrogen-bond donors (Lipinski definition) is 0. The summed E-state index contributed by atoms with van der Waals surface area (Å²) in [5, 5.41) is 5.00. The van der Waals surface area contributed by atoms with Gasteiger partial charge in [0.25, 0.3) is 0 Å². The number of aromatic nitrogens is 2. The maximum absolute atomic E-state index is 5.20. The van der Waals surface area contributed by atoms with Crippen molar-refractivity contribution in [2.24, 2.45) is 0 Å². The first-order valence-electron chi connectivity index (χ1n) is 18.1. The fourth-order valence-electron chi connectivity index (χ4n) is 7.92. The van der Waals surface area contributed by atoms with E-state index in [0.717, 1.165) is 39.2 Å². The monoisotopic (exact) mass is 674 g/mol. The molecular weight excluding hydrogens is 641 g/mol. The highest BCUT2D eigenvalue weighted by Gasteiger charge is 2.19. The Bertz CT molecular complexity index is 2890. The molecule has 9 aromatic carbocycles. The fourth-order valence-corrected chi connectivity index (χ4v) is 7.92. The molecule has 10 rings (SSSR count). The maximum atomic E-state index is 5.20. The van der Waals surface area contributed by atoms with Crippen LogP contribution in [0.1, 0.15) is 0 Å². The van der Waals surface area contributed by atoms with Crippen LogP contribution in [0, 0.1) is 0 Å². The molecule has 0 saturated heterocycles. The Morgan fingerprint density at radius 3 is 1.40 bits per heavy atom. The lowest BCUT2D eigenvalue weighted by atomic mass is 9.84. The molecule has 0 spiro atoms. The van der Waals surface area contributed by atoms with E-state index in [4.69, 9.17) is 4.98 Å². The zero-order valence-corrected chi connectivity index (χ0v) is 29.0. The first kappa shape index (κ1) is 30.8. The van der Waals surface area contributed by atoms with Crippen LogP contribution in [0.4, 0.5) is 0 Å². The van der Waals surface area contributed by atoms with Crippen LogP contribution in [0.25, 0.3) is 94.2 Å².